The Labute approximate surface area is 130 Å². The van der Waals surface area contributed by atoms with Crippen molar-refractivity contribution in [2.75, 3.05) is 26.2 Å². The third-order valence-corrected chi connectivity index (χ3v) is 6.53. The van der Waals surface area contributed by atoms with Gasteiger partial charge in [-0.3, -0.25) is 0 Å². The number of hydrogen-bond donors (Lipinski definition) is 2. The van der Waals surface area contributed by atoms with Crippen LogP contribution >= 0.6 is 0 Å². The third-order valence-electron chi connectivity index (χ3n) is 4.96. The van der Waals surface area contributed by atoms with Crippen molar-refractivity contribution in [3.63, 3.8) is 0 Å². The van der Waals surface area contributed by atoms with E-state index in [0.29, 0.717) is 42.9 Å². The van der Waals surface area contributed by atoms with E-state index < -0.39 is 10.2 Å². The van der Waals surface area contributed by atoms with Crippen LogP contribution in [0.2, 0.25) is 0 Å². The molecule has 0 amide bonds. The molecular weight excluding hydrogens is 286 g/mol. The average molecular weight is 317 g/mol. The van der Waals surface area contributed by atoms with E-state index in [1.807, 2.05) is 0 Å². The van der Waals surface area contributed by atoms with Crippen LogP contribution in [0, 0.1) is 17.3 Å². The van der Waals surface area contributed by atoms with Gasteiger partial charge in [0.25, 0.3) is 10.2 Å². The molecule has 21 heavy (non-hydrogen) atoms. The molecule has 2 aliphatic rings. The Balaban J connectivity index is 1.73. The highest BCUT2D eigenvalue weighted by atomic mass is 32.2. The molecule has 0 aromatic carbocycles. The molecular formula is C15H31N3O2S. The molecule has 0 radical (unpaired) electrons. The molecule has 0 spiro atoms. The summed E-state index contributed by atoms with van der Waals surface area (Å²) in [6.45, 7) is 11.5. The van der Waals surface area contributed by atoms with Crippen molar-refractivity contribution in [2.24, 2.45) is 17.3 Å². The highest BCUT2D eigenvalue weighted by molar-refractivity contribution is 7.87. The van der Waals surface area contributed by atoms with Crippen LogP contribution in [0.3, 0.4) is 0 Å². The number of nitrogens with zero attached hydrogens (tertiary/aromatic N) is 1. The quantitative estimate of drug-likeness (QED) is 0.749. The van der Waals surface area contributed by atoms with E-state index in [1.54, 1.807) is 4.31 Å². The van der Waals surface area contributed by atoms with Gasteiger partial charge in [0.2, 0.25) is 0 Å². The van der Waals surface area contributed by atoms with Crippen molar-refractivity contribution < 1.29 is 8.42 Å². The lowest BCUT2D eigenvalue weighted by Gasteiger charge is -2.31. The maximum Gasteiger partial charge on any atom is 0.279 e. The smallest absolute Gasteiger partial charge is 0.279 e. The lowest BCUT2D eigenvalue weighted by atomic mass is 9.98. The van der Waals surface area contributed by atoms with Gasteiger partial charge in [0.1, 0.15) is 0 Å². The first-order valence-corrected chi connectivity index (χ1v) is 9.63. The minimum absolute atomic E-state index is 0.317. The second kappa shape index (κ2) is 6.52. The second-order valence-corrected chi connectivity index (χ2v) is 9.40. The Morgan fingerprint density at radius 1 is 1.19 bits per heavy atom. The van der Waals surface area contributed by atoms with Gasteiger partial charge in [0, 0.05) is 25.7 Å². The zero-order chi connectivity index (χ0) is 15.7. The van der Waals surface area contributed by atoms with E-state index in [4.69, 9.17) is 0 Å². The number of hydrogen-bond acceptors (Lipinski definition) is 3. The second-order valence-electron chi connectivity index (χ2n) is 7.65. The number of rotatable bonds is 7. The van der Waals surface area contributed by atoms with Crippen LogP contribution in [0.25, 0.3) is 0 Å². The molecule has 0 aromatic rings. The monoisotopic (exact) mass is 317 g/mol. The summed E-state index contributed by atoms with van der Waals surface area (Å²) in [5.41, 5.74) is 0.317. The summed E-state index contributed by atoms with van der Waals surface area (Å²) >= 11 is 0. The maximum absolute atomic E-state index is 12.3. The minimum Gasteiger partial charge on any atom is -0.314 e. The van der Waals surface area contributed by atoms with E-state index in [0.717, 1.165) is 25.8 Å². The van der Waals surface area contributed by atoms with Crippen LogP contribution in [0.4, 0.5) is 0 Å². The lowest BCUT2D eigenvalue weighted by molar-refractivity contribution is 0.261. The third kappa shape index (κ3) is 4.91. The predicted octanol–water partition coefficient (Wildman–Crippen LogP) is 1.58. The van der Waals surface area contributed by atoms with Gasteiger partial charge in [-0.05, 0) is 43.1 Å². The van der Waals surface area contributed by atoms with Crippen molar-refractivity contribution in [1.82, 2.24) is 14.3 Å². The summed E-state index contributed by atoms with van der Waals surface area (Å²) in [6, 6.07) is 0.496. The molecule has 2 rings (SSSR count). The normalized spacial score (nSPS) is 27.2. The molecule has 124 valence electrons. The SMILES string of the molecule is CC(C)NCC1CCN(S(=O)(=O)NCC2CC2(C)C)CC1. The molecule has 1 aliphatic carbocycles. The fourth-order valence-corrected chi connectivity index (χ4v) is 4.26. The zero-order valence-corrected chi connectivity index (χ0v) is 14.7. The standard InChI is InChI=1S/C15H31N3O2S/c1-12(2)16-10-13-5-7-18(8-6-13)21(19,20)17-11-14-9-15(14,3)4/h12-14,16-17H,5-11H2,1-4H3. The number of nitrogens with one attached hydrogen (secondary N) is 2. The van der Waals surface area contributed by atoms with Crippen LogP contribution in [0.5, 0.6) is 0 Å². The van der Waals surface area contributed by atoms with Crippen LogP contribution < -0.4 is 10.0 Å². The first-order valence-electron chi connectivity index (χ1n) is 8.19. The number of piperidine rings is 1. The average Bonchev–Trinajstić information content (AvgIpc) is 3.02. The molecule has 1 unspecified atom stereocenters. The van der Waals surface area contributed by atoms with Gasteiger partial charge in [0.15, 0.2) is 0 Å². The fourth-order valence-electron chi connectivity index (χ4n) is 2.98. The van der Waals surface area contributed by atoms with Crippen molar-refractivity contribution in [3.8, 4) is 0 Å². The Hall–Kier alpha value is -0.170. The lowest BCUT2D eigenvalue weighted by Crippen LogP contribution is -2.47. The maximum atomic E-state index is 12.3. The van der Waals surface area contributed by atoms with Crippen LogP contribution in [0.15, 0.2) is 0 Å². The minimum atomic E-state index is -3.28. The van der Waals surface area contributed by atoms with Gasteiger partial charge in [0.05, 0.1) is 0 Å². The summed E-state index contributed by atoms with van der Waals surface area (Å²) in [7, 11) is -3.28. The Kier molecular flexibility index (Phi) is 5.34. The molecule has 1 aliphatic heterocycles. The summed E-state index contributed by atoms with van der Waals surface area (Å²) in [6.07, 6.45) is 3.03. The van der Waals surface area contributed by atoms with E-state index >= 15 is 0 Å². The molecule has 2 fully saturated rings. The summed E-state index contributed by atoms with van der Waals surface area (Å²) in [5.74, 6) is 1.10. The molecule has 6 heteroatoms. The molecule has 0 aromatic heterocycles. The van der Waals surface area contributed by atoms with E-state index in [-0.39, 0.29) is 0 Å². The van der Waals surface area contributed by atoms with Gasteiger partial charge in [-0.1, -0.05) is 27.7 Å². The van der Waals surface area contributed by atoms with Gasteiger partial charge >= 0.3 is 0 Å². The largest absolute Gasteiger partial charge is 0.314 e. The Morgan fingerprint density at radius 3 is 2.24 bits per heavy atom. The first-order chi connectivity index (χ1) is 9.71. The molecule has 1 saturated carbocycles. The van der Waals surface area contributed by atoms with Crippen LogP contribution in [-0.4, -0.2) is 44.9 Å². The first kappa shape index (κ1) is 17.2. The van der Waals surface area contributed by atoms with Crippen molar-refractivity contribution in [3.05, 3.63) is 0 Å². The van der Waals surface area contributed by atoms with Gasteiger partial charge < -0.3 is 5.32 Å². The molecule has 1 saturated heterocycles. The predicted molar refractivity (Wildman–Crippen MR) is 86.2 cm³/mol. The summed E-state index contributed by atoms with van der Waals surface area (Å²) in [4.78, 5) is 0. The summed E-state index contributed by atoms with van der Waals surface area (Å²) < 4.78 is 29.0. The summed E-state index contributed by atoms with van der Waals surface area (Å²) in [5, 5.41) is 3.44. The van der Waals surface area contributed by atoms with E-state index in [1.165, 1.54) is 0 Å². The molecule has 1 heterocycles. The highest BCUT2D eigenvalue weighted by Crippen LogP contribution is 2.51. The topological polar surface area (TPSA) is 61.4 Å². The van der Waals surface area contributed by atoms with Gasteiger partial charge in [-0.15, -0.1) is 0 Å². The molecule has 1 atom stereocenters. The molecule has 2 N–H and O–H groups in total. The van der Waals surface area contributed by atoms with E-state index in [2.05, 4.69) is 37.7 Å². The fraction of sp³-hybridized carbons (Fsp3) is 1.00. The van der Waals surface area contributed by atoms with E-state index in [9.17, 15) is 8.42 Å². The zero-order valence-electron chi connectivity index (χ0n) is 13.9. The molecule has 5 nitrogen and oxygen atoms in total. The van der Waals surface area contributed by atoms with Gasteiger partial charge in [-0.2, -0.15) is 12.7 Å². The van der Waals surface area contributed by atoms with Crippen molar-refractivity contribution >= 4 is 10.2 Å². The molecule has 0 bridgehead atoms. The van der Waals surface area contributed by atoms with Gasteiger partial charge in [-0.25, -0.2) is 4.72 Å². The van der Waals surface area contributed by atoms with Crippen molar-refractivity contribution in [2.45, 2.75) is 53.0 Å². The van der Waals surface area contributed by atoms with Crippen molar-refractivity contribution in [1.29, 1.82) is 0 Å². The Bertz CT molecular complexity index is 440. The Morgan fingerprint density at radius 2 is 1.76 bits per heavy atom. The van der Waals surface area contributed by atoms with Crippen LogP contribution in [0.1, 0.15) is 47.0 Å². The highest BCUT2D eigenvalue weighted by Gasteiger charge is 2.45. The van der Waals surface area contributed by atoms with Crippen LogP contribution in [-0.2, 0) is 10.2 Å².